The largest absolute Gasteiger partial charge is 0.285 e. The minimum absolute atomic E-state index is 0.333. The lowest BCUT2D eigenvalue weighted by molar-refractivity contribution is 1.39. The quantitative estimate of drug-likeness (QED) is 0.301. The molecule has 0 aromatic heterocycles. The Morgan fingerprint density at radius 2 is 2.00 bits per heavy atom. The first-order valence-corrected chi connectivity index (χ1v) is 0.974. The Hall–Kier alpha value is -0.530. The highest BCUT2D eigenvalue weighted by Crippen LogP contribution is 1.41. The minimum Gasteiger partial charge on any atom is -0.285 e. The molecule has 0 fully saturated rings. The molecule has 0 aliphatic carbocycles. The maximum Gasteiger partial charge on any atom is 0.140 e. The molecule has 0 saturated carbocycles. The monoisotopic (exact) mass is 56.0 g/mol. The highest BCUT2D eigenvalue weighted by molar-refractivity contribution is 5.72. The highest BCUT2D eigenvalue weighted by atomic mass is 14.7. The summed E-state index contributed by atoms with van der Waals surface area (Å²) in [5, 5.41) is 6.06. The molecular weight excluding hydrogens is 52.0 g/mol. The van der Waals surface area contributed by atoms with Gasteiger partial charge in [0.05, 0.1) is 0 Å². The molecule has 0 aliphatic heterocycles. The van der Waals surface area contributed by atoms with E-state index < -0.39 is 0 Å². The van der Waals surface area contributed by atoms with Gasteiger partial charge in [-0.25, -0.2) is 0 Å². The van der Waals surface area contributed by atoms with E-state index in [9.17, 15) is 0 Å². The molecule has 1 N–H and O–H groups in total. The van der Waals surface area contributed by atoms with Crippen molar-refractivity contribution >= 4 is 5.84 Å². The van der Waals surface area contributed by atoms with E-state index in [-0.39, 0.29) is 5.84 Å². The van der Waals surface area contributed by atoms with Crippen molar-refractivity contribution in [2.24, 2.45) is 0 Å². The van der Waals surface area contributed by atoms with Crippen molar-refractivity contribution in [1.82, 2.24) is 5.73 Å². The van der Waals surface area contributed by atoms with Crippen LogP contribution in [0.5, 0.6) is 0 Å². The van der Waals surface area contributed by atoms with Crippen molar-refractivity contribution in [2.45, 2.75) is 6.92 Å². The summed E-state index contributed by atoms with van der Waals surface area (Å²) < 4.78 is 0. The summed E-state index contributed by atoms with van der Waals surface area (Å²) in [5.74, 6) is -0.333. The Kier molecular flexibility index (Phi) is 0.759. The summed E-state index contributed by atoms with van der Waals surface area (Å²) in [7, 11) is 0. The standard InChI is InChI=1S/C2H4N2/c1-2(3)4/h3H,1H3. The van der Waals surface area contributed by atoms with Gasteiger partial charge >= 0.3 is 0 Å². The smallest absolute Gasteiger partial charge is 0.140 e. The molecule has 2 nitrogen and oxygen atoms in total. The van der Waals surface area contributed by atoms with Crippen molar-refractivity contribution in [3.05, 3.63) is 0 Å². The molecule has 0 aromatic carbocycles. The second kappa shape index (κ2) is 0.875. The van der Waals surface area contributed by atoms with E-state index in [2.05, 4.69) is 0 Å². The van der Waals surface area contributed by atoms with Gasteiger partial charge in [-0.15, -0.1) is 5.73 Å². The van der Waals surface area contributed by atoms with Crippen LogP contribution in [0.15, 0.2) is 0 Å². The van der Waals surface area contributed by atoms with E-state index >= 15 is 0 Å². The molecule has 0 amide bonds. The lowest BCUT2D eigenvalue weighted by atomic mass is 10.8. The van der Waals surface area contributed by atoms with Crippen molar-refractivity contribution in [1.29, 1.82) is 5.41 Å². The molecule has 4 heavy (non-hydrogen) atoms. The Bertz CT molecular complexity index is 27.0. The fraction of sp³-hybridized carbons (Fsp3) is 0.500. The number of hydrogen-bond donors (Lipinski definition) is 1. The second-order valence-electron chi connectivity index (χ2n) is 0.585. The highest BCUT2D eigenvalue weighted by Gasteiger charge is 1.60. The summed E-state index contributed by atoms with van der Waals surface area (Å²) in [6.07, 6.45) is 0. The van der Waals surface area contributed by atoms with E-state index in [4.69, 9.17) is 11.1 Å². The van der Waals surface area contributed by atoms with Gasteiger partial charge in [-0.2, -0.15) is 0 Å². The maximum absolute atomic E-state index is 7.64. The molecule has 0 aromatic rings. The van der Waals surface area contributed by atoms with Crippen molar-refractivity contribution in [2.75, 3.05) is 0 Å². The van der Waals surface area contributed by atoms with Crippen LogP contribution in [0.1, 0.15) is 6.92 Å². The summed E-state index contributed by atoms with van der Waals surface area (Å²) >= 11 is 0. The lowest BCUT2D eigenvalue weighted by Gasteiger charge is -1.58. The van der Waals surface area contributed by atoms with Crippen LogP contribution < -0.4 is 5.73 Å². The van der Waals surface area contributed by atoms with E-state index in [0.29, 0.717) is 0 Å². The third-order valence-electron chi connectivity index (χ3n) is 0. The first-order valence-electron chi connectivity index (χ1n) is 0.974. The van der Waals surface area contributed by atoms with Crippen LogP contribution in [0, 0.1) is 5.41 Å². The average molecular weight is 56.1 g/mol. The van der Waals surface area contributed by atoms with Crippen LogP contribution in [0.3, 0.4) is 0 Å². The Labute approximate surface area is 25.1 Å². The fourth-order valence-corrected chi connectivity index (χ4v) is 0. The molecule has 0 bridgehead atoms. The predicted octanol–water partition coefficient (Wildman–Crippen LogP) is 0.0523. The summed E-state index contributed by atoms with van der Waals surface area (Å²) in [6.45, 7) is 1.31. The van der Waals surface area contributed by atoms with Gasteiger partial charge in [-0.3, -0.25) is 5.41 Å². The molecule has 0 aliphatic rings. The third-order valence-corrected chi connectivity index (χ3v) is 0. The zero-order valence-electron chi connectivity index (χ0n) is 2.45. The van der Waals surface area contributed by atoms with Gasteiger partial charge < -0.3 is 0 Å². The van der Waals surface area contributed by atoms with Crippen LogP contribution in [-0.2, 0) is 0 Å². The number of nitrogens with one attached hydrogen (secondary N) is 1. The molecule has 0 unspecified atom stereocenters. The molecule has 0 spiro atoms. The molecule has 0 saturated heterocycles. The third kappa shape index (κ3) is 1.16. The fourth-order valence-electron chi connectivity index (χ4n) is 0. The second-order valence-corrected chi connectivity index (χ2v) is 0.585. The van der Waals surface area contributed by atoms with Gasteiger partial charge in [0.1, 0.15) is 5.84 Å². The number of nitrogens with zero attached hydrogens (tertiary/aromatic N) is 1. The molecule has 0 rings (SSSR count). The summed E-state index contributed by atoms with van der Waals surface area (Å²) in [6, 6.07) is 0. The van der Waals surface area contributed by atoms with Crippen LogP contribution in [-0.4, -0.2) is 5.84 Å². The average Bonchev–Trinajstić information content (AvgIpc) is 0.811. The van der Waals surface area contributed by atoms with E-state index in [0.717, 1.165) is 0 Å². The van der Waals surface area contributed by atoms with E-state index in [1.165, 1.54) is 6.92 Å². The Balaban J connectivity index is 2.80. The lowest BCUT2D eigenvalue weighted by Crippen LogP contribution is -1.81. The summed E-state index contributed by atoms with van der Waals surface area (Å²) in [5.41, 5.74) is 7.64. The molecule has 0 heterocycles. The molecule has 0 atom stereocenters. The SMILES string of the molecule is CC([N])=N. The van der Waals surface area contributed by atoms with Crippen LogP contribution in [0.4, 0.5) is 0 Å². The van der Waals surface area contributed by atoms with E-state index in [1.54, 1.807) is 0 Å². The summed E-state index contributed by atoms with van der Waals surface area (Å²) in [4.78, 5) is 0. The van der Waals surface area contributed by atoms with Crippen LogP contribution >= 0.6 is 0 Å². The van der Waals surface area contributed by atoms with Gasteiger partial charge in [0.15, 0.2) is 0 Å². The number of rotatable bonds is 0. The Morgan fingerprint density at radius 3 is 2.00 bits per heavy atom. The van der Waals surface area contributed by atoms with Crippen molar-refractivity contribution in [3.63, 3.8) is 0 Å². The Morgan fingerprint density at radius 1 is 2.00 bits per heavy atom. The predicted molar refractivity (Wildman–Crippen MR) is 15.5 cm³/mol. The number of amidine groups is 1. The normalized spacial score (nSPS) is 6.25. The minimum atomic E-state index is -0.333. The first kappa shape index (κ1) is 3.47. The van der Waals surface area contributed by atoms with E-state index in [1.807, 2.05) is 0 Å². The zero-order valence-corrected chi connectivity index (χ0v) is 2.45. The maximum atomic E-state index is 7.64. The molecular formula is C2H4N2. The molecule has 2 heteroatoms. The van der Waals surface area contributed by atoms with Crippen molar-refractivity contribution in [3.8, 4) is 0 Å². The molecule has 2 radical (unpaired) electrons. The van der Waals surface area contributed by atoms with Crippen LogP contribution in [0.2, 0.25) is 0 Å². The van der Waals surface area contributed by atoms with Gasteiger partial charge in [0, 0.05) is 0 Å². The number of hydrogen-bond acceptors (Lipinski definition) is 1. The zero-order chi connectivity index (χ0) is 3.58. The topological polar surface area (TPSA) is 46.2 Å². The van der Waals surface area contributed by atoms with Gasteiger partial charge in [0.2, 0.25) is 0 Å². The van der Waals surface area contributed by atoms with Gasteiger partial charge in [-0.1, -0.05) is 0 Å². The van der Waals surface area contributed by atoms with Crippen LogP contribution in [0.25, 0.3) is 0 Å². The van der Waals surface area contributed by atoms with Gasteiger partial charge in [0.25, 0.3) is 0 Å². The van der Waals surface area contributed by atoms with Gasteiger partial charge in [-0.05, 0) is 6.92 Å². The first-order chi connectivity index (χ1) is 1.73. The van der Waals surface area contributed by atoms with Crippen molar-refractivity contribution < 1.29 is 0 Å². The molecule has 22 valence electrons.